The first-order chi connectivity index (χ1) is 5.88. The summed E-state index contributed by atoms with van der Waals surface area (Å²) in [7, 11) is 0. The van der Waals surface area contributed by atoms with Crippen molar-refractivity contribution in [3.05, 3.63) is 29.6 Å². The van der Waals surface area contributed by atoms with Gasteiger partial charge in [-0.2, -0.15) is 0 Å². The first kappa shape index (κ1) is 9.11. The fourth-order valence-corrected chi connectivity index (χ4v) is 1.32. The topological polar surface area (TPSA) is 15.8 Å². The predicted octanol–water partition coefficient (Wildman–Crippen LogP) is 3.39. The second-order valence-electron chi connectivity index (χ2n) is 3.02. The van der Waals surface area contributed by atoms with Gasteiger partial charge in [0.2, 0.25) is 0 Å². The van der Waals surface area contributed by atoms with Crippen LogP contribution >= 0.6 is 0 Å². The van der Waals surface area contributed by atoms with E-state index in [0.717, 1.165) is 0 Å². The normalized spacial score (nSPS) is 11.2. The molecular formula is C11H17N. The van der Waals surface area contributed by atoms with Crippen molar-refractivity contribution in [2.75, 3.05) is 0 Å². The van der Waals surface area contributed by atoms with Crippen molar-refractivity contribution in [1.29, 1.82) is 0 Å². The van der Waals surface area contributed by atoms with E-state index in [0.29, 0.717) is 0 Å². The first-order valence-corrected chi connectivity index (χ1v) is 4.67. The summed E-state index contributed by atoms with van der Waals surface area (Å²) >= 11 is 0. The Morgan fingerprint density at radius 3 is 3.00 bits per heavy atom. The lowest BCUT2D eigenvalue weighted by atomic mass is 10.1. The fourth-order valence-electron chi connectivity index (χ4n) is 1.32. The molecule has 0 saturated heterocycles. The van der Waals surface area contributed by atoms with Crippen molar-refractivity contribution >= 4 is 6.08 Å². The number of hydrogen-bond donors (Lipinski definition) is 1. The lowest BCUT2D eigenvalue weighted by molar-refractivity contribution is 0.780. The molecule has 0 radical (unpaired) electrons. The van der Waals surface area contributed by atoms with Crippen LogP contribution in [-0.2, 0) is 6.42 Å². The molecule has 1 N–H and O–H groups in total. The van der Waals surface area contributed by atoms with E-state index in [1.165, 1.54) is 30.5 Å². The summed E-state index contributed by atoms with van der Waals surface area (Å²) in [5.41, 5.74) is 2.71. The lowest BCUT2D eigenvalue weighted by Gasteiger charge is -1.97. The zero-order chi connectivity index (χ0) is 8.81. The van der Waals surface area contributed by atoms with Crippen molar-refractivity contribution < 1.29 is 0 Å². The molecule has 1 aromatic heterocycles. The smallest absolute Gasteiger partial charge is 0.0220 e. The molecule has 0 aliphatic heterocycles. The highest BCUT2D eigenvalue weighted by atomic mass is 14.7. The second kappa shape index (κ2) is 4.81. The summed E-state index contributed by atoms with van der Waals surface area (Å²) in [6, 6.07) is 2.13. The number of nitrogens with one attached hydrogen (secondary N) is 1. The largest absolute Gasteiger partial charge is 0.364 e. The van der Waals surface area contributed by atoms with Crippen molar-refractivity contribution in [1.82, 2.24) is 4.98 Å². The van der Waals surface area contributed by atoms with Crippen LogP contribution in [0.3, 0.4) is 0 Å². The molecule has 12 heavy (non-hydrogen) atoms. The Balaban J connectivity index is 2.63. The van der Waals surface area contributed by atoms with Gasteiger partial charge < -0.3 is 4.98 Å². The molecule has 1 heterocycles. The molecule has 1 heteroatoms. The summed E-state index contributed by atoms with van der Waals surface area (Å²) in [4.78, 5) is 3.27. The highest BCUT2D eigenvalue weighted by Gasteiger charge is 1.98. The van der Waals surface area contributed by atoms with Gasteiger partial charge in [0.05, 0.1) is 0 Å². The number of rotatable bonds is 4. The Bertz CT molecular complexity index is 245. The maximum atomic E-state index is 3.27. The van der Waals surface area contributed by atoms with Crippen LogP contribution < -0.4 is 0 Å². The van der Waals surface area contributed by atoms with E-state index in [2.05, 4.69) is 37.0 Å². The third-order valence-electron chi connectivity index (χ3n) is 2.00. The zero-order valence-electron chi connectivity index (χ0n) is 7.93. The van der Waals surface area contributed by atoms with Crippen LogP contribution in [0, 0.1) is 0 Å². The van der Waals surface area contributed by atoms with Crippen LogP contribution in [0.4, 0.5) is 0 Å². The van der Waals surface area contributed by atoms with Crippen LogP contribution in [-0.4, -0.2) is 4.98 Å². The van der Waals surface area contributed by atoms with Gasteiger partial charge in [0, 0.05) is 11.9 Å². The molecule has 0 unspecified atom stereocenters. The van der Waals surface area contributed by atoms with Gasteiger partial charge in [-0.25, -0.2) is 0 Å². The van der Waals surface area contributed by atoms with E-state index in [1.807, 2.05) is 6.20 Å². The lowest BCUT2D eigenvalue weighted by Crippen LogP contribution is -1.86. The summed E-state index contributed by atoms with van der Waals surface area (Å²) in [5, 5.41) is 0. The third-order valence-corrected chi connectivity index (χ3v) is 2.00. The van der Waals surface area contributed by atoms with Crippen molar-refractivity contribution in [3.8, 4) is 0 Å². The molecule has 1 nitrogen and oxygen atoms in total. The summed E-state index contributed by atoms with van der Waals surface area (Å²) in [6.45, 7) is 4.27. The average molecular weight is 163 g/mol. The van der Waals surface area contributed by atoms with Gasteiger partial charge in [-0.3, -0.25) is 0 Å². The van der Waals surface area contributed by atoms with Gasteiger partial charge in [0.15, 0.2) is 0 Å². The molecule has 0 spiro atoms. The number of hydrogen-bond acceptors (Lipinski definition) is 0. The van der Waals surface area contributed by atoms with Crippen molar-refractivity contribution in [2.45, 2.75) is 33.1 Å². The molecule has 0 bridgehead atoms. The van der Waals surface area contributed by atoms with Gasteiger partial charge in [0.1, 0.15) is 0 Å². The van der Waals surface area contributed by atoms with Gasteiger partial charge in [-0.1, -0.05) is 25.5 Å². The number of unbranched alkanes of at least 4 members (excludes halogenated alkanes) is 1. The fraction of sp³-hybridized carbons (Fsp3) is 0.455. The van der Waals surface area contributed by atoms with E-state index < -0.39 is 0 Å². The van der Waals surface area contributed by atoms with Crippen LogP contribution in [0.2, 0.25) is 0 Å². The van der Waals surface area contributed by atoms with Crippen molar-refractivity contribution in [3.63, 3.8) is 0 Å². The number of aromatic amines is 1. The molecule has 66 valence electrons. The Hall–Kier alpha value is -0.980. The van der Waals surface area contributed by atoms with Crippen LogP contribution in [0.1, 0.15) is 37.9 Å². The molecule has 0 aliphatic carbocycles. The summed E-state index contributed by atoms with van der Waals surface area (Å²) < 4.78 is 0. The minimum atomic E-state index is 1.17. The standard InChI is InChI=1S/C11H17N/c1-3-5-7-11-10(6-4-2)8-9-12-11/h4,6,8-9,12H,3,5,7H2,1-2H3/b6-4-. The van der Waals surface area contributed by atoms with E-state index in [9.17, 15) is 0 Å². The maximum Gasteiger partial charge on any atom is 0.0220 e. The van der Waals surface area contributed by atoms with Gasteiger partial charge in [0.25, 0.3) is 0 Å². The molecule has 1 rings (SSSR count). The summed E-state index contributed by atoms with van der Waals surface area (Å²) in [5.74, 6) is 0. The molecule has 0 aromatic carbocycles. The molecule has 1 aromatic rings. The zero-order valence-corrected chi connectivity index (χ0v) is 7.93. The molecule has 0 fully saturated rings. The number of aryl methyl sites for hydroxylation is 1. The quantitative estimate of drug-likeness (QED) is 0.700. The number of allylic oxidation sites excluding steroid dienone is 1. The van der Waals surface area contributed by atoms with Crippen LogP contribution in [0.5, 0.6) is 0 Å². The van der Waals surface area contributed by atoms with E-state index in [4.69, 9.17) is 0 Å². The minimum absolute atomic E-state index is 1.17. The van der Waals surface area contributed by atoms with Crippen molar-refractivity contribution in [2.24, 2.45) is 0 Å². The third kappa shape index (κ3) is 2.26. The molecular weight excluding hydrogens is 146 g/mol. The second-order valence-corrected chi connectivity index (χ2v) is 3.02. The van der Waals surface area contributed by atoms with E-state index >= 15 is 0 Å². The highest BCUT2D eigenvalue weighted by molar-refractivity contribution is 5.51. The monoisotopic (exact) mass is 163 g/mol. The molecule has 0 aliphatic rings. The molecule has 0 saturated carbocycles. The maximum absolute atomic E-state index is 3.27. The SMILES string of the molecule is C/C=C\c1cc[nH]c1CCCC. The Morgan fingerprint density at radius 1 is 1.50 bits per heavy atom. The van der Waals surface area contributed by atoms with Crippen LogP contribution in [0.15, 0.2) is 18.3 Å². The molecule has 0 atom stereocenters. The van der Waals surface area contributed by atoms with Gasteiger partial charge in [-0.05, 0) is 31.4 Å². The Kier molecular flexibility index (Phi) is 3.65. The highest BCUT2D eigenvalue weighted by Crippen LogP contribution is 2.11. The average Bonchev–Trinajstić information content (AvgIpc) is 2.50. The number of H-pyrrole nitrogens is 1. The predicted molar refractivity (Wildman–Crippen MR) is 54.1 cm³/mol. The molecule has 0 amide bonds. The summed E-state index contributed by atoms with van der Waals surface area (Å²) in [6.07, 6.45) is 9.95. The minimum Gasteiger partial charge on any atom is -0.364 e. The Labute approximate surface area is 74.5 Å². The first-order valence-electron chi connectivity index (χ1n) is 4.67. The number of aromatic nitrogens is 1. The van der Waals surface area contributed by atoms with E-state index in [1.54, 1.807) is 0 Å². The van der Waals surface area contributed by atoms with Gasteiger partial charge in [-0.15, -0.1) is 0 Å². The Morgan fingerprint density at radius 2 is 2.33 bits per heavy atom. The van der Waals surface area contributed by atoms with Gasteiger partial charge >= 0.3 is 0 Å². The van der Waals surface area contributed by atoms with Crippen LogP contribution in [0.25, 0.3) is 6.08 Å². The van der Waals surface area contributed by atoms with E-state index in [-0.39, 0.29) is 0 Å².